The molecule has 4 aromatic rings. The number of benzene rings is 4. The minimum Gasteiger partial charge on any atom is -0.192 e. The summed E-state index contributed by atoms with van der Waals surface area (Å²) in [6.45, 7) is 0. The average Bonchev–Trinajstić information content (AvgIpc) is 3.60. The van der Waals surface area contributed by atoms with Crippen molar-refractivity contribution in [2.24, 2.45) is 23.7 Å². The number of rotatable bonds is 1. The van der Waals surface area contributed by atoms with Gasteiger partial charge in [0.2, 0.25) is 0 Å². The van der Waals surface area contributed by atoms with Crippen molar-refractivity contribution in [2.75, 3.05) is 0 Å². The summed E-state index contributed by atoms with van der Waals surface area (Å²) in [7, 11) is 0. The van der Waals surface area contributed by atoms with Crippen LogP contribution in [0.25, 0.3) is 27.6 Å². The average molecular weight is 424 g/mol. The number of hydrogen-bond donors (Lipinski definition) is 0. The molecular formula is C32H25N. The first kappa shape index (κ1) is 18.1. The van der Waals surface area contributed by atoms with E-state index in [1.807, 2.05) is 12.1 Å². The van der Waals surface area contributed by atoms with Crippen molar-refractivity contribution in [3.63, 3.8) is 0 Å². The van der Waals surface area contributed by atoms with Crippen LogP contribution in [0, 0.1) is 35.0 Å². The lowest BCUT2D eigenvalue weighted by Gasteiger charge is -2.35. The van der Waals surface area contributed by atoms with E-state index in [1.54, 1.807) is 16.7 Å². The van der Waals surface area contributed by atoms with Crippen LogP contribution >= 0.6 is 0 Å². The normalized spacial score (nSPS) is 31.9. The van der Waals surface area contributed by atoms with Gasteiger partial charge in [0.15, 0.2) is 0 Å². The van der Waals surface area contributed by atoms with Crippen LogP contribution in [0.15, 0.2) is 78.4 Å². The molecule has 4 aliphatic carbocycles. The maximum absolute atomic E-state index is 9.13. The zero-order chi connectivity index (χ0) is 21.7. The van der Waals surface area contributed by atoms with Crippen molar-refractivity contribution in [3.05, 3.63) is 101 Å². The Balaban J connectivity index is 1.22. The van der Waals surface area contributed by atoms with Gasteiger partial charge in [-0.1, -0.05) is 60.2 Å². The molecule has 1 heteroatoms. The SMILES string of the molecule is N#Cc1ccc(C=C2[C@H]3CC[C@@H]2C2C3[C@H]3C[C@@H]2c2cc4cc5ccccc5cc4cc23)cc1. The third-order valence-electron chi connectivity index (χ3n) is 9.53. The molecule has 6 atom stereocenters. The van der Waals surface area contributed by atoms with Gasteiger partial charge in [-0.05, 0) is 117 Å². The summed E-state index contributed by atoms with van der Waals surface area (Å²) in [6, 6.07) is 29.1. The molecule has 4 aliphatic rings. The summed E-state index contributed by atoms with van der Waals surface area (Å²) in [6.07, 6.45) is 6.59. The highest BCUT2D eigenvalue weighted by Crippen LogP contribution is 2.73. The molecule has 158 valence electrons. The summed E-state index contributed by atoms with van der Waals surface area (Å²) in [5.74, 6) is 4.67. The van der Waals surface area contributed by atoms with E-state index in [1.165, 1.54) is 46.4 Å². The predicted octanol–water partition coefficient (Wildman–Crippen LogP) is 7.80. The van der Waals surface area contributed by atoms with E-state index in [4.69, 9.17) is 5.26 Å². The Labute approximate surface area is 194 Å². The Morgan fingerprint density at radius 3 is 1.79 bits per heavy atom. The third-order valence-corrected chi connectivity index (χ3v) is 9.53. The molecular weight excluding hydrogens is 398 g/mol. The van der Waals surface area contributed by atoms with E-state index in [0.29, 0.717) is 0 Å². The summed E-state index contributed by atoms with van der Waals surface area (Å²) in [5, 5.41) is 14.6. The van der Waals surface area contributed by atoms with Gasteiger partial charge in [0.25, 0.3) is 0 Å². The monoisotopic (exact) mass is 423 g/mol. The molecule has 0 aliphatic heterocycles. The fourth-order valence-corrected chi connectivity index (χ4v) is 8.42. The van der Waals surface area contributed by atoms with E-state index < -0.39 is 0 Å². The molecule has 0 N–H and O–H groups in total. The van der Waals surface area contributed by atoms with Crippen LogP contribution in [0.3, 0.4) is 0 Å². The molecule has 0 aromatic heterocycles. The fraction of sp³-hybridized carbons (Fsp3) is 0.281. The highest BCUT2D eigenvalue weighted by atomic mass is 14.7. The highest BCUT2D eigenvalue weighted by molar-refractivity contribution is 5.99. The predicted molar refractivity (Wildman–Crippen MR) is 134 cm³/mol. The van der Waals surface area contributed by atoms with Crippen LogP contribution in [0.1, 0.15) is 53.4 Å². The molecule has 3 fully saturated rings. The molecule has 0 saturated heterocycles. The number of nitrogens with zero attached hydrogens (tertiary/aromatic N) is 1. The number of allylic oxidation sites excluding steroid dienone is 1. The minimum absolute atomic E-state index is 0.741. The van der Waals surface area contributed by atoms with Crippen LogP contribution in [-0.4, -0.2) is 0 Å². The van der Waals surface area contributed by atoms with Crippen molar-refractivity contribution >= 4 is 27.6 Å². The molecule has 0 heterocycles. The molecule has 2 unspecified atom stereocenters. The lowest BCUT2D eigenvalue weighted by molar-refractivity contribution is 0.218. The van der Waals surface area contributed by atoms with Gasteiger partial charge in [-0.25, -0.2) is 0 Å². The van der Waals surface area contributed by atoms with E-state index in [0.717, 1.165) is 41.1 Å². The van der Waals surface area contributed by atoms with E-state index in [2.05, 4.69) is 72.8 Å². The van der Waals surface area contributed by atoms with E-state index >= 15 is 0 Å². The fourth-order valence-electron chi connectivity index (χ4n) is 8.42. The first-order valence-electron chi connectivity index (χ1n) is 12.5. The van der Waals surface area contributed by atoms with Crippen LogP contribution in [0.5, 0.6) is 0 Å². The van der Waals surface area contributed by atoms with Gasteiger partial charge in [0.05, 0.1) is 11.6 Å². The van der Waals surface area contributed by atoms with Crippen molar-refractivity contribution in [3.8, 4) is 6.07 Å². The Morgan fingerprint density at radius 2 is 1.24 bits per heavy atom. The van der Waals surface area contributed by atoms with Crippen LogP contribution in [-0.2, 0) is 0 Å². The Hall–Kier alpha value is -3.37. The van der Waals surface area contributed by atoms with E-state index in [9.17, 15) is 0 Å². The summed E-state index contributed by atoms with van der Waals surface area (Å²) in [5.41, 5.74) is 7.05. The standard InChI is InChI=1S/C32H25N/c33-17-19-7-5-18(6-8-19)11-26-24-9-10-25(26)32-30-16-29(31(24)32)27-14-22-12-20-3-1-2-4-21(20)13-23(22)15-28(27)30/h1-8,11-15,24-25,29-32H,9-10,16H2/t24-,25+,29+,30-,31?,32?. The van der Waals surface area contributed by atoms with Gasteiger partial charge >= 0.3 is 0 Å². The maximum atomic E-state index is 9.13. The molecule has 4 bridgehead atoms. The van der Waals surface area contributed by atoms with Gasteiger partial charge in [0, 0.05) is 0 Å². The zero-order valence-corrected chi connectivity index (χ0v) is 18.5. The smallest absolute Gasteiger partial charge is 0.0991 e. The number of nitriles is 1. The molecule has 8 rings (SSSR count). The van der Waals surface area contributed by atoms with Gasteiger partial charge in [-0.2, -0.15) is 5.26 Å². The molecule has 0 amide bonds. The molecule has 0 spiro atoms. The molecule has 1 nitrogen and oxygen atoms in total. The van der Waals surface area contributed by atoms with Crippen LogP contribution < -0.4 is 0 Å². The second kappa shape index (κ2) is 6.36. The lowest BCUT2D eigenvalue weighted by atomic mass is 9.68. The number of hydrogen-bond acceptors (Lipinski definition) is 1. The van der Waals surface area contributed by atoms with Gasteiger partial charge < -0.3 is 0 Å². The summed E-state index contributed by atoms with van der Waals surface area (Å²) in [4.78, 5) is 0. The van der Waals surface area contributed by atoms with Crippen LogP contribution in [0.2, 0.25) is 0 Å². The quantitative estimate of drug-likeness (QED) is 0.226. The summed E-state index contributed by atoms with van der Waals surface area (Å²) < 4.78 is 0. The Bertz CT molecular complexity index is 1450. The molecule has 3 saturated carbocycles. The first-order chi connectivity index (χ1) is 16.3. The Kier molecular flexibility index (Phi) is 3.49. The molecule has 33 heavy (non-hydrogen) atoms. The molecule has 4 aromatic carbocycles. The maximum Gasteiger partial charge on any atom is 0.0991 e. The lowest BCUT2D eigenvalue weighted by Crippen LogP contribution is -2.27. The van der Waals surface area contributed by atoms with Crippen molar-refractivity contribution in [1.82, 2.24) is 0 Å². The minimum atomic E-state index is 0.741. The summed E-state index contributed by atoms with van der Waals surface area (Å²) >= 11 is 0. The third kappa shape index (κ3) is 2.37. The van der Waals surface area contributed by atoms with Gasteiger partial charge in [-0.3, -0.25) is 0 Å². The highest BCUT2D eigenvalue weighted by Gasteiger charge is 2.63. The van der Waals surface area contributed by atoms with Crippen molar-refractivity contribution in [2.45, 2.75) is 31.1 Å². The van der Waals surface area contributed by atoms with Gasteiger partial charge in [-0.15, -0.1) is 0 Å². The first-order valence-corrected chi connectivity index (χ1v) is 12.5. The van der Waals surface area contributed by atoms with Crippen LogP contribution in [0.4, 0.5) is 0 Å². The zero-order valence-electron chi connectivity index (χ0n) is 18.5. The van der Waals surface area contributed by atoms with E-state index in [-0.39, 0.29) is 0 Å². The Morgan fingerprint density at radius 1 is 0.667 bits per heavy atom. The van der Waals surface area contributed by atoms with Crippen molar-refractivity contribution < 1.29 is 0 Å². The van der Waals surface area contributed by atoms with Gasteiger partial charge in [0.1, 0.15) is 0 Å². The molecule has 0 radical (unpaired) electrons. The second-order valence-corrected chi connectivity index (χ2v) is 10.8. The topological polar surface area (TPSA) is 23.8 Å². The number of fused-ring (bicyclic) bond motifs is 14. The van der Waals surface area contributed by atoms with Crippen molar-refractivity contribution in [1.29, 1.82) is 5.26 Å². The second-order valence-electron chi connectivity index (χ2n) is 10.8. The largest absolute Gasteiger partial charge is 0.192 e.